The zero-order valence-electron chi connectivity index (χ0n) is 12.2. The van der Waals surface area contributed by atoms with Gasteiger partial charge in [0.1, 0.15) is 25.2 Å². The first-order valence-corrected chi connectivity index (χ1v) is 6.70. The molecular weight excluding hydrogens is 280 g/mol. The molecule has 22 heavy (non-hydrogen) atoms. The molecule has 2 aromatic rings. The second kappa shape index (κ2) is 7.81. The van der Waals surface area contributed by atoms with E-state index in [1.807, 2.05) is 0 Å². The van der Waals surface area contributed by atoms with Crippen LogP contribution in [0.2, 0.25) is 0 Å². The van der Waals surface area contributed by atoms with Crippen LogP contribution in [0.4, 0.5) is 0 Å². The molecule has 0 aromatic heterocycles. The molecule has 2 rings (SSSR count). The van der Waals surface area contributed by atoms with Crippen LogP contribution in [0, 0.1) is 11.3 Å². The highest BCUT2D eigenvalue weighted by Gasteiger charge is 2.06. The third kappa shape index (κ3) is 4.08. The Morgan fingerprint density at radius 2 is 1.82 bits per heavy atom. The lowest BCUT2D eigenvalue weighted by Gasteiger charge is -2.09. The van der Waals surface area contributed by atoms with Crippen LogP contribution in [0.1, 0.15) is 16.7 Å². The summed E-state index contributed by atoms with van der Waals surface area (Å²) in [5.41, 5.74) is 2.86. The van der Waals surface area contributed by atoms with Crippen LogP contribution in [0.15, 0.2) is 53.7 Å². The molecule has 0 saturated carbocycles. The summed E-state index contributed by atoms with van der Waals surface area (Å²) in [5.74, 6) is 0.676. The lowest BCUT2D eigenvalue weighted by Crippen LogP contribution is -2.13. The van der Waals surface area contributed by atoms with Crippen LogP contribution < -0.4 is 4.74 Å². The van der Waals surface area contributed by atoms with Gasteiger partial charge in [-0.3, -0.25) is 0 Å². The number of aliphatic hydroxyl groups excluding tert-OH is 1. The second-order valence-corrected chi connectivity index (χ2v) is 4.50. The van der Waals surface area contributed by atoms with Gasteiger partial charge in [0, 0.05) is 5.56 Å². The van der Waals surface area contributed by atoms with Crippen LogP contribution >= 0.6 is 0 Å². The summed E-state index contributed by atoms with van der Waals surface area (Å²) in [7, 11) is 1.47. The van der Waals surface area contributed by atoms with E-state index in [1.165, 1.54) is 7.11 Å². The first kappa shape index (κ1) is 15.5. The molecule has 0 aliphatic carbocycles. The summed E-state index contributed by atoms with van der Waals surface area (Å²) in [6, 6.07) is 16.3. The maximum Gasteiger partial charge on any atom is 0.134 e. The van der Waals surface area contributed by atoms with Crippen molar-refractivity contribution in [2.45, 2.75) is 6.61 Å². The van der Waals surface area contributed by atoms with Crippen molar-refractivity contribution < 1.29 is 14.7 Å². The Bertz CT molecular complexity index is 671. The number of hydrogen-bond acceptors (Lipinski definition) is 5. The van der Waals surface area contributed by atoms with Crippen LogP contribution in [0.5, 0.6) is 5.75 Å². The quantitative estimate of drug-likeness (QED) is 0.656. The molecule has 0 spiro atoms. The van der Waals surface area contributed by atoms with Gasteiger partial charge in [0.25, 0.3) is 0 Å². The Morgan fingerprint density at radius 1 is 1.14 bits per heavy atom. The highest BCUT2D eigenvalue weighted by Crippen LogP contribution is 2.13. The van der Waals surface area contributed by atoms with E-state index >= 15 is 0 Å². The van der Waals surface area contributed by atoms with Crippen molar-refractivity contribution >= 4 is 5.71 Å². The molecule has 0 saturated heterocycles. The van der Waals surface area contributed by atoms with Gasteiger partial charge < -0.3 is 14.7 Å². The van der Waals surface area contributed by atoms with E-state index in [0.717, 1.165) is 11.1 Å². The Labute approximate surface area is 129 Å². The monoisotopic (exact) mass is 296 g/mol. The molecule has 0 aliphatic rings. The van der Waals surface area contributed by atoms with E-state index < -0.39 is 0 Å². The van der Waals surface area contributed by atoms with Crippen molar-refractivity contribution in [1.82, 2.24) is 0 Å². The second-order valence-electron chi connectivity index (χ2n) is 4.50. The Morgan fingerprint density at radius 3 is 2.36 bits per heavy atom. The Hall–Kier alpha value is -2.84. The summed E-state index contributed by atoms with van der Waals surface area (Å²) in [6.45, 7) is 0.236. The first-order valence-electron chi connectivity index (χ1n) is 6.70. The lowest BCUT2D eigenvalue weighted by atomic mass is 10.1. The normalized spacial score (nSPS) is 10.9. The maximum atomic E-state index is 9.01. The molecule has 112 valence electrons. The summed E-state index contributed by atoms with van der Waals surface area (Å²) in [5, 5.41) is 21.8. The van der Waals surface area contributed by atoms with Crippen LogP contribution in [0.25, 0.3) is 0 Å². The standard InChI is InChI=1S/C17H16N2O3/c1-21-19-17(15-6-2-13(10-18)3-7-15)12-22-16-8-4-14(11-20)5-9-16/h2-9,20H,11-12H2,1H3/b19-17-. The van der Waals surface area contributed by atoms with E-state index in [0.29, 0.717) is 17.0 Å². The molecule has 5 nitrogen and oxygen atoms in total. The van der Waals surface area contributed by atoms with E-state index in [9.17, 15) is 0 Å². The summed E-state index contributed by atoms with van der Waals surface area (Å²) >= 11 is 0. The Kier molecular flexibility index (Phi) is 5.52. The number of oxime groups is 1. The van der Waals surface area contributed by atoms with Gasteiger partial charge in [-0.05, 0) is 29.8 Å². The van der Waals surface area contributed by atoms with Crippen LogP contribution in [-0.4, -0.2) is 24.5 Å². The summed E-state index contributed by atoms with van der Waals surface area (Å²) in [4.78, 5) is 4.85. The molecule has 0 atom stereocenters. The van der Waals surface area contributed by atoms with Crippen LogP contribution in [0.3, 0.4) is 0 Å². The summed E-state index contributed by atoms with van der Waals surface area (Å²) < 4.78 is 5.67. The molecule has 5 heteroatoms. The van der Waals surface area contributed by atoms with Gasteiger partial charge in [-0.15, -0.1) is 0 Å². The number of nitrogens with zero attached hydrogens (tertiary/aromatic N) is 2. The van der Waals surface area contributed by atoms with Gasteiger partial charge >= 0.3 is 0 Å². The largest absolute Gasteiger partial charge is 0.487 e. The van der Waals surface area contributed by atoms with Gasteiger partial charge in [0.2, 0.25) is 0 Å². The minimum atomic E-state index is 0.00189. The van der Waals surface area contributed by atoms with Crippen molar-refractivity contribution in [1.29, 1.82) is 5.26 Å². The highest BCUT2D eigenvalue weighted by molar-refractivity contribution is 6.01. The molecule has 0 fully saturated rings. The molecule has 2 aromatic carbocycles. The maximum absolute atomic E-state index is 9.01. The highest BCUT2D eigenvalue weighted by atomic mass is 16.6. The van der Waals surface area contributed by atoms with Crippen molar-refractivity contribution in [2.24, 2.45) is 5.16 Å². The SMILES string of the molecule is CO/N=C(/COc1ccc(CO)cc1)c1ccc(C#N)cc1. The van der Waals surface area contributed by atoms with Gasteiger partial charge in [-0.25, -0.2) is 0 Å². The van der Waals surface area contributed by atoms with Gasteiger partial charge in [0.05, 0.1) is 18.2 Å². The first-order chi connectivity index (χ1) is 10.8. The number of aliphatic hydroxyl groups is 1. The smallest absolute Gasteiger partial charge is 0.134 e. The molecule has 0 heterocycles. The minimum Gasteiger partial charge on any atom is -0.487 e. The number of hydrogen-bond donors (Lipinski definition) is 1. The van der Waals surface area contributed by atoms with E-state index in [-0.39, 0.29) is 13.2 Å². The average Bonchev–Trinajstić information content (AvgIpc) is 2.59. The van der Waals surface area contributed by atoms with Crippen molar-refractivity contribution in [3.63, 3.8) is 0 Å². The minimum absolute atomic E-state index is 0.00189. The van der Waals surface area contributed by atoms with Gasteiger partial charge in [-0.2, -0.15) is 5.26 Å². The average molecular weight is 296 g/mol. The Balaban J connectivity index is 2.08. The fourth-order valence-electron chi connectivity index (χ4n) is 1.85. The lowest BCUT2D eigenvalue weighted by molar-refractivity contribution is 0.210. The zero-order valence-corrected chi connectivity index (χ0v) is 12.2. The third-order valence-corrected chi connectivity index (χ3v) is 3.03. The molecule has 0 amide bonds. The van der Waals surface area contributed by atoms with E-state index in [2.05, 4.69) is 11.2 Å². The fraction of sp³-hybridized carbons (Fsp3) is 0.176. The third-order valence-electron chi connectivity index (χ3n) is 3.03. The molecule has 0 radical (unpaired) electrons. The number of ether oxygens (including phenoxy) is 1. The van der Waals surface area contributed by atoms with Crippen LogP contribution in [-0.2, 0) is 11.4 Å². The summed E-state index contributed by atoms with van der Waals surface area (Å²) in [6.07, 6.45) is 0. The molecular formula is C17H16N2O3. The van der Waals surface area contributed by atoms with Gasteiger partial charge in [-0.1, -0.05) is 29.4 Å². The zero-order chi connectivity index (χ0) is 15.8. The predicted molar refractivity (Wildman–Crippen MR) is 82.6 cm³/mol. The number of nitriles is 1. The fourth-order valence-corrected chi connectivity index (χ4v) is 1.85. The molecule has 0 unspecified atom stereocenters. The molecule has 0 bridgehead atoms. The van der Waals surface area contributed by atoms with E-state index in [1.54, 1.807) is 48.5 Å². The topological polar surface area (TPSA) is 74.8 Å². The van der Waals surface area contributed by atoms with E-state index in [4.69, 9.17) is 19.9 Å². The van der Waals surface area contributed by atoms with Gasteiger partial charge in [0.15, 0.2) is 0 Å². The number of rotatable bonds is 6. The van der Waals surface area contributed by atoms with Crippen molar-refractivity contribution in [3.8, 4) is 11.8 Å². The van der Waals surface area contributed by atoms with Crippen molar-refractivity contribution in [3.05, 3.63) is 65.2 Å². The molecule has 0 aliphatic heterocycles. The van der Waals surface area contributed by atoms with Crippen molar-refractivity contribution in [2.75, 3.05) is 13.7 Å². The number of benzene rings is 2. The predicted octanol–water partition coefficient (Wildman–Crippen LogP) is 2.48. The molecule has 1 N–H and O–H groups in total.